The molecule has 0 spiro atoms. The fraction of sp³-hybridized carbons (Fsp3) is 0.346. The fourth-order valence-electron chi connectivity index (χ4n) is 4.26. The van der Waals surface area contributed by atoms with Gasteiger partial charge in [-0.1, -0.05) is 11.6 Å². The van der Waals surface area contributed by atoms with Gasteiger partial charge in [-0.15, -0.1) is 0 Å². The zero-order valence-electron chi connectivity index (χ0n) is 20.2. The molecule has 9 nitrogen and oxygen atoms in total. The summed E-state index contributed by atoms with van der Waals surface area (Å²) in [5, 5.41) is 6.17. The van der Waals surface area contributed by atoms with Crippen LogP contribution in [-0.4, -0.2) is 68.6 Å². The maximum atomic E-state index is 12.5. The number of carbonyl (C=O) groups is 1. The van der Waals surface area contributed by atoms with E-state index in [2.05, 4.69) is 25.4 Å². The van der Waals surface area contributed by atoms with E-state index in [1.165, 1.54) is 0 Å². The molecule has 3 heterocycles. The summed E-state index contributed by atoms with van der Waals surface area (Å²) in [5.41, 5.74) is 4.17. The Labute approximate surface area is 215 Å². The van der Waals surface area contributed by atoms with Gasteiger partial charge in [-0.05, 0) is 55.5 Å². The minimum atomic E-state index is -0.314. The quantitative estimate of drug-likeness (QED) is 0.493. The predicted octanol–water partition coefficient (Wildman–Crippen LogP) is 4.42. The minimum Gasteiger partial charge on any atom is -0.378 e. The lowest BCUT2D eigenvalue weighted by molar-refractivity contribution is 0.122. The fourth-order valence-corrected chi connectivity index (χ4v) is 4.43. The van der Waals surface area contributed by atoms with Crippen LogP contribution in [0.5, 0.6) is 0 Å². The molecule has 36 heavy (non-hydrogen) atoms. The van der Waals surface area contributed by atoms with Crippen molar-refractivity contribution in [3.8, 4) is 11.4 Å². The molecule has 2 amide bonds. The number of amides is 2. The van der Waals surface area contributed by atoms with Crippen molar-refractivity contribution in [3.05, 3.63) is 59.2 Å². The SMILES string of the molecule is Cc1c(Cl)nc(-c2ccc(NC(=O)Nc3ccc(N4CCOCC4)cc3)cc2)nc1N1CCOCC1. The van der Waals surface area contributed by atoms with Crippen LogP contribution in [0.3, 0.4) is 0 Å². The van der Waals surface area contributed by atoms with E-state index < -0.39 is 0 Å². The summed E-state index contributed by atoms with van der Waals surface area (Å²) in [4.78, 5) is 26.2. The molecule has 0 saturated carbocycles. The molecule has 2 aliphatic heterocycles. The summed E-state index contributed by atoms with van der Waals surface area (Å²) in [5.74, 6) is 1.37. The van der Waals surface area contributed by atoms with Crippen molar-refractivity contribution < 1.29 is 14.3 Å². The van der Waals surface area contributed by atoms with Crippen LogP contribution in [0.15, 0.2) is 48.5 Å². The molecule has 0 atom stereocenters. The largest absolute Gasteiger partial charge is 0.378 e. The first-order valence-corrected chi connectivity index (χ1v) is 12.4. The first kappa shape index (κ1) is 24.3. The lowest BCUT2D eigenvalue weighted by Crippen LogP contribution is -2.37. The third-order valence-corrected chi connectivity index (χ3v) is 6.64. The van der Waals surface area contributed by atoms with Crippen LogP contribution >= 0.6 is 11.6 Å². The number of rotatable bonds is 5. The molecule has 1 aromatic heterocycles. The van der Waals surface area contributed by atoms with Crippen molar-refractivity contribution in [3.63, 3.8) is 0 Å². The molecular formula is C26H29ClN6O3. The van der Waals surface area contributed by atoms with E-state index in [-0.39, 0.29) is 6.03 Å². The van der Waals surface area contributed by atoms with E-state index in [4.69, 9.17) is 26.1 Å². The normalized spacial score (nSPS) is 16.1. The summed E-state index contributed by atoms with van der Waals surface area (Å²) in [7, 11) is 0. The Hall–Kier alpha value is -3.40. The van der Waals surface area contributed by atoms with Crippen LogP contribution in [0.2, 0.25) is 5.15 Å². The van der Waals surface area contributed by atoms with E-state index in [0.717, 1.165) is 67.7 Å². The molecule has 2 aromatic carbocycles. The average Bonchev–Trinajstić information content (AvgIpc) is 2.92. The van der Waals surface area contributed by atoms with Crippen LogP contribution in [0.25, 0.3) is 11.4 Å². The van der Waals surface area contributed by atoms with E-state index >= 15 is 0 Å². The molecule has 0 unspecified atom stereocenters. The van der Waals surface area contributed by atoms with Gasteiger partial charge in [0.25, 0.3) is 0 Å². The summed E-state index contributed by atoms with van der Waals surface area (Å²) in [6.07, 6.45) is 0. The second-order valence-corrected chi connectivity index (χ2v) is 9.05. The lowest BCUT2D eigenvalue weighted by Gasteiger charge is -2.29. The Balaban J connectivity index is 1.22. The topological polar surface area (TPSA) is 91.9 Å². The number of benzene rings is 2. The summed E-state index contributed by atoms with van der Waals surface area (Å²) in [6.45, 7) is 8.00. The van der Waals surface area contributed by atoms with Gasteiger partial charge in [0.2, 0.25) is 0 Å². The molecule has 0 aliphatic carbocycles. The Morgan fingerprint density at radius 3 is 1.92 bits per heavy atom. The van der Waals surface area contributed by atoms with Gasteiger partial charge in [0, 0.05) is 54.4 Å². The van der Waals surface area contributed by atoms with Gasteiger partial charge in [-0.25, -0.2) is 14.8 Å². The molecule has 10 heteroatoms. The van der Waals surface area contributed by atoms with E-state index in [1.54, 1.807) is 0 Å². The highest BCUT2D eigenvalue weighted by Gasteiger charge is 2.19. The van der Waals surface area contributed by atoms with Gasteiger partial charge in [-0.2, -0.15) is 0 Å². The molecule has 3 aromatic rings. The van der Waals surface area contributed by atoms with Gasteiger partial charge < -0.3 is 29.9 Å². The lowest BCUT2D eigenvalue weighted by atomic mass is 10.2. The van der Waals surface area contributed by atoms with Crippen LogP contribution in [0, 0.1) is 6.92 Å². The summed E-state index contributed by atoms with van der Waals surface area (Å²) < 4.78 is 10.9. The van der Waals surface area contributed by atoms with Crippen molar-refractivity contribution >= 4 is 40.5 Å². The summed E-state index contributed by atoms with van der Waals surface area (Å²) in [6, 6.07) is 14.9. The number of nitrogens with one attached hydrogen (secondary N) is 2. The van der Waals surface area contributed by atoms with Crippen molar-refractivity contribution in [1.29, 1.82) is 0 Å². The van der Waals surface area contributed by atoms with Crippen molar-refractivity contribution in [2.45, 2.75) is 6.92 Å². The van der Waals surface area contributed by atoms with Crippen LogP contribution in [0.4, 0.5) is 27.7 Å². The molecule has 2 N–H and O–H groups in total. The number of hydrogen-bond acceptors (Lipinski definition) is 7. The first-order chi connectivity index (χ1) is 17.6. The van der Waals surface area contributed by atoms with Gasteiger partial charge in [0.15, 0.2) is 5.82 Å². The molecular weight excluding hydrogens is 480 g/mol. The first-order valence-electron chi connectivity index (χ1n) is 12.0. The van der Waals surface area contributed by atoms with Crippen molar-refractivity contribution in [2.24, 2.45) is 0 Å². The second-order valence-electron chi connectivity index (χ2n) is 8.69. The Bertz CT molecular complexity index is 1190. The highest BCUT2D eigenvalue weighted by molar-refractivity contribution is 6.30. The van der Waals surface area contributed by atoms with Gasteiger partial charge >= 0.3 is 6.03 Å². The Morgan fingerprint density at radius 2 is 1.33 bits per heavy atom. The number of carbonyl (C=O) groups excluding carboxylic acids is 1. The third kappa shape index (κ3) is 5.70. The smallest absolute Gasteiger partial charge is 0.323 e. The summed E-state index contributed by atoms with van der Waals surface area (Å²) >= 11 is 6.44. The molecule has 0 radical (unpaired) electrons. The van der Waals surface area contributed by atoms with Gasteiger partial charge in [-0.3, -0.25) is 0 Å². The molecule has 0 bridgehead atoms. The number of ether oxygens (including phenoxy) is 2. The van der Waals surface area contributed by atoms with Crippen molar-refractivity contribution in [1.82, 2.24) is 9.97 Å². The maximum absolute atomic E-state index is 12.5. The standard InChI is InChI=1S/C26H29ClN6O3/c1-18-23(27)30-24(31-25(18)33-12-16-36-17-13-33)19-2-4-20(5-3-19)28-26(34)29-21-6-8-22(9-7-21)32-10-14-35-15-11-32/h2-9H,10-17H2,1H3,(H2,28,29,34). The number of hydrogen-bond donors (Lipinski definition) is 2. The van der Waals surface area contributed by atoms with E-state index in [0.29, 0.717) is 29.9 Å². The zero-order chi connectivity index (χ0) is 24.9. The number of anilines is 4. The maximum Gasteiger partial charge on any atom is 0.323 e. The van der Waals surface area contributed by atoms with Crippen molar-refractivity contribution in [2.75, 3.05) is 73.0 Å². The number of morpholine rings is 2. The Kier molecular flexibility index (Phi) is 7.50. The van der Waals surface area contributed by atoms with E-state index in [1.807, 2.05) is 55.5 Å². The monoisotopic (exact) mass is 508 g/mol. The second kappa shape index (κ2) is 11.1. The zero-order valence-corrected chi connectivity index (χ0v) is 20.9. The minimum absolute atomic E-state index is 0.314. The van der Waals surface area contributed by atoms with Crippen LogP contribution < -0.4 is 20.4 Å². The third-order valence-electron chi connectivity index (χ3n) is 6.27. The number of urea groups is 1. The van der Waals surface area contributed by atoms with Gasteiger partial charge in [0.1, 0.15) is 11.0 Å². The van der Waals surface area contributed by atoms with Crippen LogP contribution in [0.1, 0.15) is 5.56 Å². The number of aromatic nitrogens is 2. The van der Waals surface area contributed by atoms with Crippen LogP contribution in [-0.2, 0) is 9.47 Å². The highest BCUT2D eigenvalue weighted by atomic mass is 35.5. The highest BCUT2D eigenvalue weighted by Crippen LogP contribution is 2.28. The molecule has 188 valence electrons. The number of nitrogens with zero attached hydrogens (tertiary/aromatic N) is 4. The molecule has 2 saturated heterocycles. The Morgan fingerprint density at radius 1 is 0.806 bits per heavy atom. The van der Waals surface area contributed by atoms with E-state index in [9.17, 15) is 4.79 Å². The molecule has 5 rings (SSSR count). The number of halogens is 1. The molecule has 2 fully saturated rings. The molecule has 2 aliphatic rings. The predicted molar refractivity (Wildman–Crippen MR) is 142 cm³/mol. The average molecular weight is 509 g/mol. The van der Waals surface area contributed by atoms with Gasteiger partial charge in [0.05, 0.1) is 26.4 Å².